The maximum atomic E-state index is 4.63. The third kappa shape index (κ3) is 3.48. The Balaban J connectivity index is 1.41. The molecule has 1 heterocycles. The van der Waals surface area contributed by atoms with E-state index in [0.717, 1.165) is 42.0 Å². The Morgan fingerprint density at radius 3 is 2.62 bits per heavy atom. The molecule has 2 aromatic rings. The van der Waals surface area contributed by atoms with Crippen molar-refractivity contribution >= 4 is 5.96 Å². The molecule has 2 aliphatic rings. The van der Waals surface area contributed by atoms with E-state index in [4.69, 9.17) is 0 Å². The highest BCUT2D eigenvalue weighted by atomic mass is 15.3. The van der Waals surface area contributed by atoms with Gasteiger partial charge in [0.1, 0.15) is 0 Å². The van der Waals surface area contributed by atoms with E-state index in [2.05, 4.69) is 58.0 Å². The highest BCUT2D eigenvalue weighted by Crippen LogP contribution is 2.60. The molecule has 0 radical (unpaired) electrons. The van der Waals surface area contributed by atoms with Gasteiger partial charge < -0.3 is 10.6 Å². The highest BCUT2D eigenvalue weighted by molar-refractivity contribution is 5.79. The molecule has 0 aliphatic heterocycles. The van der Waals surface area contributed by atoms with Crippen LogP contribution in [0.2, 0.25) is 0 Å². The van der Waals surface area contributed by atoms with E-state index in [1.807, 2.05) is 18.7 Å². The van der Waals surface area contributed by atoms with Crippen molar-refractivity contribution in [3.63, 3.8) is 0 Å². The van der Waals surface area contributed by atoms with Crippen molar-refractivity contribution in [3.8, 4) is 5.69 Å². The van der Waals surface area contributed by atoms with Gasteiger partial charge in [-0.1, -0.05) is 18.2 Å². The lowest BCUT2D eigenvalue weighted by Gasteiger charge is -2.19. The number of nitrogens with zero attached hydrogens (tertiary/aromatic N) is 3. The first-order chi connectivity index (χ1) is 12.6. The largest absolute Gasteiger partial charge is 0.356 e. The maximum absolute atomic E-state index is 4.63. The molecule has 5 heteroatoms. The molecule has 4 rings (SSSR count). The van der Waals surface area contributed by atoms with Gasteiger partial charge in [-0.2, -0.15) is 5.10 Å². The van der Waals surface area contributed by atoms with Crippen molar-refractivity contribution in [1.82, 2.24) is 20.4 Å². The number of rotatable bonds is 6. The molecule has 1 aromatic heterocycles. The zero-order valence-electron chi connectivity index (χ0n) is 16.0. The van der Waals surface area contributed by atoms with E-state index < -0.39 is 0 Å². The molecule has 2 fully saturated rings. The quantitative estimate of drug-likeness (QED) is 0.620. The molecule has 5 nitrogen and oxygen atoms in total. The van der Waals surface area contributed by atoms with Crippen LogP contribution in [0.1, 0.15) is 42.6 Å². The number of para-hydroxylation sites is 1. The van der Waals surface area contributed by atoms with Crippen LogP contribution in [0.5, 0.6) is 0 Å². The summed E-state index contributed by atoms with van der Waals surface area (Å²) in [5.41, 5.74) is 5.09. The van der Waals surface area contributed by atoms with Gasteiger partial charge in [-0.15, -0.1) is 0 Å². The second-order valence-electron chi connectivity index (χ2n) is 7.88. The molecule has 2 saturated carbocycles. The normalized spacial score (nSPS) is 18.7. The number of nitrogens with one attached hydrogen (secondary N) is 2. The minimum Gasteiger partial charge on any atom is -0.356 e. The van der Waals surface area contributed by atoms with Crippen LogP contribution in [0.4, 0.5) is 0 Å². The number of aromatic nitrogens is 2. The number of aliphatic imine (C=N–C) groups is 1. The van der Waals surface area contributed by atoms with Gasteiger partial charge in [-0.25, -0.2) is 4.68 Å². The minimum absolute atomic E-state index is 0.569. The Labute approximate surface area is 155 Å². The van der Waals surface area contributed by atoms with Crippen LogP contribution < -0.4 is 10.6 Å². The summed E-state index contributed by atoms with van der Waals surface area (Å²) in [6.07, 6.45) is 5.60. The van der Waals surface area contributed by atoms with Crippen LogP contribution in [-0.4, -0.2) is 29.3 Å². The topological polar surface area (TPSA) is 54.2 Å². The number of hydrogen-bond acceptors (Lipinski definition) is 2. The maximum Gasteiger partial charge on any atom is 0.191 e. The van der Waals surface area contributed by atoms with Gasteiger partial charge in [0.2, 0.25) is 0 Å². The predicted octanol–water partition coefficient (Wildman–Crippen LogP) is 3.34. The number of benzene rings is 1. The summed E-state index contributed by atoms with van der Waals surface area (Å²) in [5, 5.41) is 11.7. The molecule has 0 spiro atoms. The first-order valence-corrected chi connectivity index (χ1v) is 9.67. The number of hydrogen-bond donors (Lipinski definition) is 2. The second-order valence-corrected chi connectivity index (χ2v) is 7.88. The summed E-state index contributed by atoms with van der Waals surface area (Å²) < 4.78 is 2.02. The monoisotopic (exact) mass is 351 g/mol. The van der Waals surface area contributed by atoms with Gasteiger partial charge in [-0.05, 0) is 68.6 Å². The lowest BCUT2D eigenvalue weighted by molar-refractivity contribution is 0.431. The Morgan fingerprint density at radius 2 is 2.00 bits per heavy atom. The first-order valence-electron chi connectivity index (χ1n) is 9.67. The zero-order chi connectivity index (χ0) is 18.1. The van der Waals surface area contributed by atoms with Gasteiger partial charge in [-0.3, -0.25) is 4.99 Å². The van der Waals surface area contributed by atoms with Crippen molar-refractivity contribution in [3.05, 3.63) is 47.3 Å². The van der Waals surface area contributed by atoms with E-state index in [9.17, 15) is 0 Å². The van der Waals surface area contributed by atoms with Gasteiger partial charge in [0, 0.05) is 25.8 Å². The molecule has 0 saturated heterocycles. The average Bonchev–Trinajstić information content (AvgIpc) is 3.53. The van der Waals surface area contributed by atoms with Gasteiger partial charge in [0.15, 0.2) is 5.96 Å². The van der Waals surface area contributed by atoms with Crippen LogP contribution in [0.25, 0.3) is 5.69 Å². The zero-order valence-corrected chi connectivity index (χ0v) is 16.0. The molecular formula is C21H29N5. The van der Waals surface area contributed by atoms with Crippen LogP contribution in [0, 0.1) is 25.2 Å². The molecule has 138 valence electrons. The SMILES string of the molecule is CN=C(NCc1ccccc1-n1nc(C)cc1C)NCC1(C2CC2)CC1. The third-order valence-corrected chi connectivity index (χ3v) is 5.84. The molecule has 0 atom stereocenters. The van der Waals surface area contributed by atoms with Gasteiger partial charge >= 0.3 is 0 Å². The lowest BCUT2D eigenvalue weighted by Crippen LogP contribution is -2.40. The molecule has 0 bridgehead atoms. The van der Waals surface area contributed by atoms with Crippen LogP contribution in [0.15, 0.2) is 35.3 Å². The van der Waals surface area contributed by atoms with E-state index in [1.165, 1.54) is 31.2 Å². The Hall–Kier alpha value is -2.30. The molecular weight excluding hydrogens is 322 g/mol. The number of aryl methyl sites for hydroxylation is 2. The van der Waals surface area contributed by atoms with Crippen molar-refractivity contribution < 1.29 is 0 Å². The smallest absolute Gasteiger partial charge is 0.191 e. The highest BCUT2D eigenvalue weighted by Gasteiger charge is 2.53. The van der Waals surface area contributed by atoms with Crippen molar-refractivity contribution in [1.29, 1.82) is 0 Å². The van der Waals surface area contributed by atoms with Crippen molar-refractivity contribution in [2.24, 2.45) is 16.3 Å². The van der Waals surface area contributed by atoms with E-state index in [-0.39, 0.29) is 0 Å². The summed E-state index contributed by atoms with van der Waals surface area (Å²) in [6, 6.07) is 10.5. The van der Waals surface area contributed by atoms with Crippen LogP contribution in [0.3, 0.4) is 0 Å². The van der Waals surface area contributed by atoms with Crippen LogP contribution in [-0.2, 0) is 6.54 Å². The molecule has 0 unspecified atom stereocenters. The Bertz CT molecular complexity index is 812. The number of guanidine groups is 1. The minimum atomic E-state index is 0.569. The van der Waals surface area contributed by atoms with Crippen LogP contribution >= 0.6 is 0 Å². The Morgan fingerprint density at radius 1 is 1.23 bits per heavy atom. The predicted molar refractivity (Wildman–Crippen MR) is 106 cm³/mol. The molecule has 0 amide bonds. The standard InChI is InChI=1S/C21H29N5/c1-15-12-16(2)26(25-15)19-7-5-4-6-17(19)13-23-20(22-3)24-14-21(10-11-21)18-8-9-18/h4-7,12,18H,8-11,13-14H2,1-3H3,(H2,22,23,24). The Kier molecular flexibility index (Phi) is 4.47. The van der Waals surface area contributed by atoms with Gasteiger partial charge in [0.05, 0.1) is 11.4 Å². The van der Waals surface area contributed by atoms with E-state index in [1.54, 1.807) is 0 Å². The summed E-state index contributed by atoms with van der Waals surface area (Å²) in [7, 11) is 1.85. The lowest BCUT2D eigenvalue weighted by atomic mass is 10.0. The molecule has 2 N–H and O–H groups in total. The fourth-order valence-corrected chi connectivity index (χ4v) is 3.98. The fraction of sp³-hybridized carbons (Fsp3) is 0.524. The van der Waals surface area contributed by atoms with E-state index in [0.29, 0.717) is 5.41 Å². The molecule has 26 heavy (non-hydrogen) atoms. The summed E-state index contributed by atoms with van der Waals surface area (Å²) in [6.45, 7) is 5.91. The summed E-state index contributed by atoms with van der Waals surface area (Å²) in [4.78, 5) is 4.41. The first kappa shape index (κ1) is 17.1. The second kappa shape index (κ2) is 6.78. The fourth-order valence-electron chi connectivity index (χ4n) is 3.98. The van der Waals surface area contributed by atoms with Crippen molar-refractivity contribution in [2.45, 2.75) is 46.1 Å². The van der Waals surface area contributed by atoms with Crippen molar-refractivity contribution in [2.75, 3.05) is 13.6 Å². The van der Waals surface area contributed by atoms with E-state index >= 15 is 0 Å². The molecule has 2 aliphatic carbocycles. The van der Waals surface area contributed by atoms with Gasteiger partial charge in [0.25, 0.3) is 0 Å². The molecule has 1 aromatic carbocycles. The third-order valence-electron chi connectivity index (χ3n) is 5.84. The summed E-state index contributed by atoms with van der Waals surface area (Å²) in [5.74, 6) is 1.85. The average molecular weight is 351 g/mol. The summed E-state index contributed by atoms with van der Waals surface area (Å²) >= 11 is 0.